The highest BCUT2D eigenvalue weighted by Gasteiger charge is 2.42. The number of anilines is 2. The fraction of sp³-hybridized carbons (Fsp3) is 0.500. The second kappa shape index (κ2) is 26.9. The first kappa shape index (κ1) is 57.0. The number of amides is 6. The Labute approximate surface area is 446 Å². The van der Waals surface area contributed by atoms with Gasteiger partial charge in [0, 0.05) is 44.2 Å². The largest absolute Gasteiger partial charge is 0.495 e. The van der Waals surface area contributed by atoms with Crippen molar-refractivity contribution in [3.63, 3.8) is 0 Å². The third kappa shape index (κ3) is 15.5. The Morgan fingerprint density at radius 1 is 0.908 bits per heavy atom. The Hall–Kier alpha value is -6.67. The van der Waals surface area contributed by atoms with Gasteiger partial charge in [-0.05, 0) is 101 Å². The first-order valence-electron chi connectivity index (χ1n) is 26.3. The first-order valence-corrected chi connectivity index (χ1v) is 27.2. The van der Waals surface area contributed by atoms with Crippen molar-refractivity contribution >= 4 is 63.0 Å². The third-order valence-corrected chi connectivity index (χ3v) is 15.6. The number of rotatable bonds is 21. The molecule has 3 aliphatic rings. The van der Waals surface area contributed by atoms with Crippen LogP contribution in [0.1, 0.15) is 118 Å². The van der Waals surface area contributed by atoms with Crippen LogP contribution in [0, 0.1) is 17.8 Å². The number of likely N-dealkylation sites (N-methyl/N-ethyl adjacent to an activating group) is 2. The van der Waals surface area contributed by atoms with Crippen LogP contribution < -0.4 is 31.3 Å². The van der Waals surface area contributed by atoms with E-state index in [2.05, 4.69) is 31.6 Å². The lowest BCUT2D eigenvalue weighted by molar-refractivity contribution is -0.183. The van der Waals surface area contributed by atoms with Gasteiger partial charge in [-0.2, -0.15) is 13.2 Å². The Morgan fingerprint density at radius 3 is 2.36 bits per heavy atom. The summed E-state index contributed by atoms with van der Waals surface area (Å²) < 4.78 is 44.9. The molecule has 5 N–H and O–H groups in total. The Morgan fingerprint density at radius 2 is 1.64 bits per heavy atom. The van der Waals surface area contributed by atoms with Crippen molar-refractivity contribution in [1.82, 2.24) is 35.7 Å². The van der Waals surface area contributed by atoms with Crippen LogP contribution in [0.4, 0.5) is 23.3 Å². The lowest BCUT2D eigenvalue weighted by atomic mass is 9.81. The number of aromatic nitrogens is 2. The molecular weight excluding hydrogens is 1000 g/mol. The summed E-state index contributed by atoms with van der Waals surface area (Å²) in [6.07, 6.45) is 8.26. The van der Waals surface area contributed by atoms with Crippen LogP contribution in [-0.2, 0) is 36.9 Å². The van der Waals surface area contributed by atoms with Crippen molar-refractivity contribution < 1.29 is 46.7 Å². The number of thiazole rings is 1. The van der Waals surface area contributed by atoms with Gasteiger partial charge >= 0.3 is 6.18 Å². The van der Waals surface area contributed by atoms with Crippen LogP contribution in [0.15, 0.2) is 72.9 Å². The van der Waals surface area contributed by atoms with Crippen molar-refractivity contribution in [3.05, 3.63) is 95.3 Å². The summed E-state index contributed by atoms with van der Waals surface area (Å²) >= 11 is 1.12. The van der Waals surface area contributed by atoms with Crippen LogP contribution in [-0.4, -0.2) is 114 Å². The molecule has 408 valence electrons. The van der Waals surface area contributed by atoms with Gasteiger partial charge in [0.1, 0.15) is 34.2 Å². The Bertz CT molecular complexity index is 2690. The van der Waals surface area contributed by atoms with Crippen molar-refractivity contribution in [2.75, 3.05) is 44.9 Å². The second-order valence-electron chi connectivity index (χ2n) is 20.1. The molecule has 2 aromatic heterocycles. The third-order valence-electron chi connectivity index (χ3n) is 14.8. The molecule has 1 saturated heterocycles. The standard InChI is InChI=1S/C56H70F3N9O7S/c1-35(60-2)50(71)64-49(40-18-9-6-10-19-40)54(74)68-29-12-20-44(68)52(73)66-53-48(39-16-7-5-8-17-39)65-55(76-53)63-46(69)21-13-28-67(3)47(70)31-37-14-11-15-38(30-37)33-62-51(72)43-32-41(45(75-4)34-61-43)25-22-36-23-26-42(27-24-36)56(57,58)59/h5,7-8,11,14-17,22,25,30,32,34-36,40,42,44,49,60H,6,9-10,12-13,18-21,23-24,26-29,31,33H2,1-4H3,(H,62,72)(H,64,71)(H,66,73)(H,63,65,69)/b25-22+/t35-,36?,42?,44-,49-/m0/s1. The fourth-order valence-corrected chi connectivity index (χ4v) is 11.1. The van der Waals surface area contributed by atoms with Gasteiger partial charge in [0.05, 0.1) is 31.7 Å². The summed E-state index contributed by atoms with van der Waals surface area (Å²) in [5.41, 5.74) is 3.42. The zero-order valence-electron chi connectivity index (χ0n) is 43.7. The van der Waals surface area contributed by atoms with E-state index in [0.29, 0.717) is 67.2 Å². The van der Waals surface area contributed by atoms with Gasteiger partial charge < -0.3 is 41.1 Å². The van der Waals surface area contributed by atoms with Crippen LogP contribution in [0.3, 0.4) is 0 Å². The van der Waals surface area contributed by atoms with Gasteiger partial charge in [-0.15, -0.1) is 0 Å². The summed E-state index contributed by atoms with van der Waals surface area (Å²) in [7, 11) is 4.84. The van der Waals surface area contributed by atoms with E-state index in [0.717, 1.165) is 60.1 Å². The maximum Gasteiger partial charge on any atom is 0.391 e. The van der Waals surface area contributed by atoms with Gasteiger partial charge in [0.15, 0.2) is 5.13 Å². The number of likely N-dealkylation sites (tertiary alicyclic amines) is 1. The number of halogens is 3. The van der Waals surface area contributed by atoms with Crippen molar-refractivity contribution in [3.8, 4) is 17.0 Å². The van der Waals surface area contributed by atoms with Gasteiger partial charge in [0.25, 0.3) is 5.91 Å². The molecule has 2 aromatic carbocycles. The molecule has 7 rings (SSSR count). The average Bonchev–Trinajstić information content (AvgIpc) is 4.09. The smallest absolute Gasteiger partial charge is 0.391 e. The van der Waals surface area contributed by atoms with Gasteiger partial charge in [-0.1, -0.05) is 97.3 Å². The first-order chi connectivity index (χ1) is 36.5. The minimum Gasteiger partial charge on any atom is -0.495 e. The van der Waals surface area contributed by atoms with E-state index in [1.54, 1.807) is 49.0 Å². The number of alkyl halides is 3. The summed E-state index contributed by atoms with van der Waals surface area (Å²) in [5.74, 6) is -2.66. The predicted octanol–water partition coefficient (Wildman–Crippen LogP) is 8.55. The molecule has 20 heteroatoms. The van der Waals surface area contributed by atoms with Crippen LogP contribution in [0.25, 0.3) is 17.3 Å². The summed E-state index contributed by atoms with van der Waals surface area (Å²) in [5, 5.41) is 15.4. The lowest BCUT2D eigenvalue weighted by Crippen LogP contribution is -2.57. The molecule has 0 spiro atoms. The number of ether oxygens (including phenoxy) is 1. The molecule has 0 radical (unpaired) electrons. The van der Waals surface area contributed by atoms with Gasteiger partial charge in [-0.25, -0.2) is 9.97 Å². The summed E-state index contributed by atoms with van der Waals surface area (Å²) in [4.78, 5) is 93.5. The molecule has 16 nitrogen and oxygen atoms in total. The molecular formula is C56H70F3N9O7S. The number of carbonyl (C=O) groups excluding carboxylic acids is 6. The minimum absolute atomic E-state index is 0.0125. The summed E-state index contributed by atoms with van der Waals surface area (Å²) in [6.45, 7) is 2.60. The van der Waals surface area contributed by atoms with E-state index in [1.807, 2.05) is 54.6 Å². The highest BCUT2D eigenvalue weighted by atomic mass is 32.1. The minimum atomic E-state index is -4.18. The highest BCUT2D eigenvalue weighted by Crippen LogP contribution is 2.41. The number of nitrogens with one attached hydrogen (secondary N) is 5. The number of allylic oxidation sites excluding steroid dienone is 1. The SMILES string of the molecule is CN[C@@H](C)C(=O)N[C@H](C(=O)N1CCC[C@H]1C(=O)Nc1sc(NC(=O)CCCN(C)C(=O)Cc2cccc(CNC(=O)c3cc(/C=C/C4CCC(C(F)(F)F)CC4)c(OC)cn3)c2)nc1-c1ccccc1)C1CCCCC1. The van der Waals surface area contributed by atoms with Gasteiger partial charge in [0.2, 0.25) is 29.5 Å². The molecule has 4 aromatic rings. The van der Waals surface area contributed by atoms with Crippen molar-refractivity contribution in [1.29, 1.82) is 0 Å². The topological polar surface area (TPSA) is 204 Å². The molecule has 0 unspecified atom stereocenters. The van der Waals surface area contributed by atoms with E-state index >= 15 is 0 Å². The van der Waals surface area contributed by atoms with E-state index in [-0.39, 0.29) is 84.4 Å². The van der Waals surface area contributed by atoms with E-state index < -0.39 is 36.1 Å². The number of carbonyl (C=O) groups is 6. The molecule has 6 amide bonds. The number of pyridine rings is 1. The monoisotopic (exact) mass is 1070 g/mol. The van der Waals surface area contributed by atoms with Crippen LogP contribution in [0.2, 0.25) is 0 Å². The highest BCUT2D eigenvalue weighted by molar-refractivity contribution is 7.20. The Kier molecular flexibility index (Phi) is 20.2. The number of nitrogens with zero attached hydrogens (tertiary/aromatic N) is 4. The quantitative estimate of drug-likeness (QED) is 0.0538. The van der Waals surface area contributed by atoms with Crippen LogP contribution >= 0.6 is 11.3 Å². The molecule has 3 atom stereocenters. The zero-order chi connectivity index (χ0) is 54.4. The normalized spacial score (nSPS) is 18.9. The molecule has 2 aliphatic carbocycles. The molecule has 2 saturated carbocycles. The van der Waals surface area contributed by atoms with Crippen LogP contribution in [0.5, 0.6) is 5.75 Å². The molecule has 3 heterocycles. The lowest BCUT2D eigenvalue weighted by Gasteiger charge is -2.35. The maximum atomic E-state index is 14.3. The number of hydrogen-bond donors (Lipinski definition) is 5. The summed E-state index contributed by atoms with van der Waals surface area (Å²) in [6, 6.07) is 16.2. The van der Waals surface area contributed by atoms with Crippen molar-refractivity contribution in [2.24, 2.45) is 17.8 Å². The molecule has 1 aliphatic heterocycles. The predicted molar refractivity (Wildman–Crippen MR) is 286 cm³/mol. The Balaban J connectivity index is 0.893. The van der Waals surface area contributed by atoms with E-state index in [9.17, 15) is 41.9 Å². The average molecular weight is 1070 g/mol. The molecule has 76 heavy (non-hydrogen) atoms. The number of benzene rings is 2. The molecule has 0 bridgehead atoms. The zero-order valence-corrected chi connectivity index (χ0v) is 44.5. The fourth-order valence-electron chi connectivity index (χ4n) is 10.2. The van der Waals surface area contributed by atoms with Crippen molar-refractivity contribution in [2.45, 2.75) is 128 Å². The molecule has 3 fully saturated rings. The second-order valence-corrected chi connectivity index (χ2v) is 21.1. The number of hydrogen-bond acceptors (Lipinski definition) is 11. The van der Waals surface area contributed by atoms with Gasteiger partial charge in [-0.3, -0.25) is 28.8 Å². The van der Waals surface area contributed by atoms with E-state index in [4.69, 9.17) is 9.72 Å². The van der Waals surface area contributed by atoms with E-state index in [1.165, 1.54) is 13.3 Å². The number of methoxy groups -OCH3 is 1. The maximum absolute atomic E-state index is 14.3.